The zero-order chi connectivity index (χ0) is 20.9. The molecule has 0 aliphatic carbocycles. The van der Waals surface area contributed by atoms with Gasteiger partial charge < -0.3 is 5.32 Å². The summed E-state index contributed by atoms with van der Waals surface area (Å²) in [5.74, 6) is -0.374. The first kappa shape index (κ1) is 20.1. The third-order valence-electron chi connectivity index (χ3n) is 5.00. The molecular weight excluding hydrogens is 478 g/mol. The lowest BCUT2D eigenvalue weighted by molar-refractivity contribution is 0.102. The van der Waals surface area contributed by atoms with E-state index in [-0.39, 0.29) is 17.1 Å². The van der Waals surface area contributed by atoms with Crippen LogP contribution in [0.25, 0.3) is 5.69 Å². The number of halogens is 2. The second-order valence-corrected chi connectivity index (χ2v) is 10.4. The van der Waals surface area contributed by atoms with Crippen LogP contribution in [0.1, 0.15) is 32.7 Å². The number of hydrogen-bond acceptors (Lipinski definition) is 4. The summed E-state index contributed by atoms with van der Waals surface area (Å²) in [6.45, 7) is 3.95. The number of benzene rings is 2. The summed E-state index contributed by atoms with van der Waals surface area (Å²) in [5, 5.41) is 7.67. The average Bonchev–Trinajstić information content (AvgIpc) is 3.12. The second-order valence-electron chi connectivity index (χ2n) is 7.02. The molecule has 1 aliphatic heterocycles. The summed E-state index contributed by atoms with van der Waals surface area (Å²) in [7, 11) is -3.28. The number of aryl methyl sites for hydroxylation is 1. The number of nitrogens with one attached hydrogen (secondary N) is 1. The summed E-state index contributed by atoms with van der Waals surface area (Å²) in [5.41, 5.74) is 4.11. The van der Waals surface area contributed by atoms with Gasteiger partial charge in [0.05, 0.1) is 33.5 Å². The van der Waals surface area contributed by atoms with Crippen LogP contribution in [0.5, 0.6) is 0 Å². The maximum Gasteiger partial charge on any atom is 0.258 e. The Bertz CT molecular complexity index is 1270. The predicted molar refractivity (Wildman–Crippen MR) is 116 cm³/mol. The standard InChI is InChI=1S/C20H17BrClN3O3S/c1-11-4-3-5-18(12(11)2)25-19(15-9-29(27,28)10-17(15)24-25)23-20(26)14-8-13(21)6-7-16(14)22/h3-8H,9-10H2,1-2H3,(H,23,26). The van der Waals surface area contributed by atoms with E-state index in [0.29, 0.717) is 26.6 Å². The Kier molecular flexibility index (Phi) is 5.04. The molecule has 1 amide bonds. The summed E-state index contributed by atoms with van der Waals surface area (Å²) in [6.07, 6.45) is 0. The van der Waals surface area contributed by atoms with E-state index in [1.54, 1.807) is 22.9 Å². The molecule has 2 heterocycles. The zero-order valence-electron chi connectivity index (χ0n) is 15.7. The normalized spacial score (nSPS) is 14.6. The van der Waals surface area contributed by atoms with E-state index >= 15 is 0 Å². The topological polar surface area (TPSA) is 81.1 Å². The molecule has 2 aromatic carbocycles. The third kappa shape index (κ3) is 3.72. The Labute approximate surface area is 181 Å². The largest absolute Gasteiger partial charge is 0.306 e. The van der Waals surface area contributed by atoms with E-state index in [9.17, 15) is 13.2 Å². The molecule has 0 saturated carbocycles. The van der Waals surface area contributed by atoms with Crippen molar-refractivity contribution < 1.29 is 13.2 Å². The molecule has 9 heteroatoms. The molecule has 0 atom stereocenters. The Balaban J connectivity index is 1.84. The van der Waals surface area contributed by atoms with Crippen molar-refractivity contribution in [3.63, 3.8) is 0 Å². The molecule has 1 aromatic heterocycles. The molecule has 1 aliphatic rings. The Hall–Kier alpha value is -2.16. The highest BCUT2D eigenvalue weighted by Gasteiger charge is 2.33. The number of carbonyl (C=O) groups is 1. The number of carbonyl (C=O) groups excluding carboxylic acids is 1. The second kappa shape index (κ2) is 7.27. The van der Waals surface area contributed by atoms with E-state index in [4.69, 9.17) is 11.6 Å². The lowest BCUT2D eigenvalue weighted by Gasteiger charge is -2.14. The Morgan fingerprint density at radius 3 is 2.72 bits per heavy atom. The van der Waals surface area contributed by atoms with Crippen molar-refractivity contribution in [2.24, 2.45) is 0 Å². The quantitative estimate of drug-likeness (QED) is 0.578. The molecule has 4 rings (SSSR count). The van der Waals surface area contributed by atoms with Crippen molar-refractivity contribution in [2.45, 2.75) is 25.4 Å². The minimum atomic E-state index is -3.28. The minimum Gasteiger partial charge on any atom is -0.306 e. The van der Waals surface area contributed by atoms with Gasteiger partial charge in [-0.15, -0.1) is 0 Å². The Morgan fingerprint density at radius 2 is 1.97 bits per heavy atom. The summed E-state index contributed by atoms with van der Waals surface area (Å²) in [6, 6.07) is 10.8. The monoisotopic (exact) mass is 493 g/mol. The maximum absolute atomic E-state index is 13.0. The predicted octanol–water partition coefficient (Wildman–Crippen LogP) is 4.59. The summed E-state index contributed by atoms with van der Waals surface area (Å²) >= 11 is 9.54. The van der Waals surface area contributed by atoms with Crippen molar-refractivity contribution in [3.05, 3.63) is 73.8 Å². The highest BCUT2D eigenvalue weighted by molar-refractivity contribution is 9.10. The van der Waals surface area contributed by atoms with Crippen molar-refractivity contribution in [1.29, 1.82) is 0 Å². The number of amides is 1. The number of anilines is 1. The van der Waals surface area contributed by atoms with Gasteiger partial charge in [0.1, 0.15) is 5.82 Å². The van der Waals surface area contributed by atoms with Crippen molar-refractivity contribution in [2.75, 3.05) is 5.32 Å². The SMILES string of the molecule is Cc1cccc(-n2nc3c(c2NC(=O)c2cc(Br)ccc2Cl)CS(=O)(=O)C3)c1C. The summed E-state index contributed by atoms with van der Waals surface area (Å²) < 4.78 is 26.6. The molecule has 6 nitrogen and oxygen atoms in total. The third-order valence-corrected chi connectivity index (χ3v) is 7.26. The lowest BCUT2D eigenvalue weighted by atomic mass is 10.1. The van der Waals surface area contributed by atoms with Crippen LogP contribution >= 0.6 is 27.5 Å². The first-order valence-corrected chi connectivity index (χ1v) is 11.8. The van der Waals surface area contributed by atoms with E-state index < -0.39 is 15.7 Å². The van der Waals surface area contributed by atoms with Gasteiger partial charge >= 0.3 is 0 Å². The molecule has 0 spiro atoms. The van der Waals surface area contributed by atoms with Gasteiger partial charge in [0.2, 0.25) is 0 Å². The molecular formula is C20H17BrClN3O3S. The fraction of sp³-hybridized carbons (Fsp3) is 0.200. The van der Waals surface area contributed by atoms with Gasteiger partial charge in [-0.2, -0.15) is 5.10 Å². The Morgan fingerprint density at radius 1 is 1.21 bits per heavy atom. The maximum atomic E-state index is 13.0. The van der Waals surface area contributed by atoms with Crippen LogP contribution in [0, 0.1) is 13.8 Å². The van der Waals surface area contributed by atoms with E-state index in [0.717, 1.165) is 16.8 Å². The molecule has 29 heavy (non-hydrogen) atoms. The number of sulfone groups is 1. The van der Waals surface area contributed by atoms with Crippen LogP contribution in [0.4, 0.5) is 5.82 Å². The van der Waals surface area contributed by atoms with Gasteiger partial charge in [-0.3, -0.25) is 4.79 Å². The van der Waals surface area contributed by atoms with E-state index in [1.165, 1.54) is 0 Å². The smallest absolute Gasteiger partial charge is 0.258 e. The molecule has 1 N–H and O–H groups in total. The van der Waals surface area contributed by atoms with Crippen molar-refractivity contribution >= 4 is 49.1 Å². The number of hydrogen-bond donors (Lipinski definition) is 1. The molecule has 0 saturated heterocycles. The van der Waals surface area contributed by atoms with Gasteiger partial charge in [-0.1, -0.05) is 39.7 Å². The molecule has 0 bridgehead atoms. The van der Waals surface area contributed by atoms with Crippen LogP contribution in [-0.2, 0) is 21.3 Å². The fourth-order valence-corrected chi connectivity index (χ4v) is 5.41. The number of nitrogens with zero attached hydrogens (tertiary/aromatic N) is 2. The van der Waals surface area contributed by atoms with E-state index in [2.05, 4.69) is 26.3 Å². The van der Waals surface area contributed by atoms with Crippen LogP contribution in [0.15, 0.2) is 40.9 Å². The molecule has 150 valence electrons. The van der Waals surface area contributed by atoms with Crippen LogP contribution in [0.3, 0.4) is 0 Å². The van der Waals surface area contributed by atoms with Gasteiger partial charge in [-0.25, -0.2) is 13.1 Å². The average molecular weight is 495 g/mol. The number of rotatable bonds is 3. The molecule has 0 radical (unpaired) electrons. The molecule has 0 unspecified atom stereocenters. The summed E-state index contributed by atoms with van der Waals surface area (Å²) in [4.78, 5) is 13.0. The highest BCUT2D eigenvalue weighted by atomic mass is 79.9. The lowest BCUT2D eigenvalue weighted by Crippen LogP contribution is -2.18. The van der Waals surface area contributed by atoms with Crippen LogP contribution < -0.4 is 5.32 Å². The number of aromatic nitrogens is 2. The zero-order valence-corrected chi connectivity index (χ0v) is 18.8. The van der Waals surface area contributed by atoms with Gasteiger partial charge in [0.25, 0.3) is 5.91 Å². The van der Waals surface area contributed by atoms with Crippen LogP contribution in [-0.4, -0.2) is 24.1 Å². The van der Waals surface area contributed by atoms with Gasteiger partial charge in [-0.05, 0) is 49.2 Å². The first-order chi connectivity index (χ1) is 13.7. The number of fused-ring (bicyclic) bond motifs is 1. The van der Waals surface area contributed by atoms with Crippen molar-refractivity contribution in [3.8, 4) is 5.69 Å². The highest BCUT2D eigenvalue weighted by Crippen LogP contribution is 2.34. The minimum absolute atomic E-state index is 0.138. The van der Waals surface area contributed by atoms with Crippen LogP contribution in [0.2, 0.25) is 5.02 Å². The van der Waals surface area contributed by atoms with E-state index in [1.807, 2.05) is 32.0 Å². The fourth-order valence-electron chi connectivity index (χ4n) is 3.36. The molecule has 0 fully saturated rings. The first-order valence-electron chi connectivity index (χ1n) is 8.80. The van der Waals surface area contributed by atoms with Gasteiger partial charge in [0.15, 0.2) is 9.84 Å². The van der Waals surface area contributed by atoms with Crippen molar-refractivity contribution in [1.82, 2.24) is 9.78 Å². The van der Waals surface area contributed by atoms with Gasteiger partial charge in [0, 0.05) is 10.0 Å². The molecule has 3 aromatic rings.